The van der Waals surface area contributed by atoms with Crippen LogP contribution < -0.4 is 0 Å². The average molecular weight is 781 g/mol. The first-order valence-corrected chi connectivity index (χ1v) is 16.6. The number of carbonyl (C=O) groups is 1. The number of aliphatic hydroxyl groups excluding tert-OH is 1. The van der Waals surface area contributed by atoms with Crippen molar-refractivity contribution in [2.45, 2.75) is 93.4 Å². The van der Waals surface area contributed by atoms with E-state index < -0.39 is 0 Å². The second kappa shape index (κ2) is 16.1. The van der Waals surface area contributed by atoms with E-state index in [9.17, 15) is 9.90 Å². The van der Waals surface area contributed by atoms with E-state index in [1.807, 2.05) is 45.2 Å². The first-order valence-electron chi connectivity index (χ1n) is 14.9. The number of allylic oxidation sites excluding steroid dienone is 2. The summed E-state index contributed by atoms with van der Waals surface area (Å²) in [5.41, 5.74) is 6.41. The molecule has 0 bridgehead atoms. The van der Waals surface area contributed by atoms with E-state index in [-0.39, 0.29) is 48.9 Å². The number of hydrogen-bond acceptors (Lipinski definition) is 5. The molecule has 0 unspecified atom stereocenters. The molecule has 0 saturated heterocycles. The van der Waals surface area contributed by atoms with Gasteiger partial charge in [-0.15, -0.1) is 16.7 Å². The van der Waals surface area contributed by atoms with Gasteiger partial charge in [0.2, 0.25) is 0 Å². The molecule has 0 amide bonds. The first-order chi connectivity index (χ1) is 19.4. The Morgan fingerprint density at radius 2 is 1.57 bits per heavy atom. The van der Waals surface area contributed by atoms with Crippen molar-refractivity contribution in [1.29, 1.82) is 0 Å². The largest absolute Gasteiger partial charge is 0.512 e. The van der Waals surface area contributed by atoms with Crippen molar-refractivity contribution in [2.24, 2.45) is 11.8 Å². The van der Waals surface area contributed by atoms with Gasteiger partial charge in [0.05, 0.1) is 5.76 Å². The average Bonchev–Trinajstić information content (AvgIpc) is 3.53. The summed E-state index contributed by atoms with van der Waals surface area (Å²) in [4.78, 5) is 18.9. The third-order valence-corrected chi connectivity index (χ3v) is 10.2. The van der Waals surface area contributed by atoms with Gasteiger partial charge < -0.3 is 10.1 Å². The molecule has 0 aliphatic heterocycles. The van der Waals surface area contributed by atoms with Gasteiger partial charge in [-0.3, -0.25) is 4.79 Å². The van der Waals surface area contributed by atoms with Gasteiger partial charge in [-0.05, 0) is 71.9 Å². The number of fused-ring (bicyclic) bond motifs is 1. The van der Waals surface area contributed by atoms with Crippen LogP contribution in [0.25, 0.3) is 31.1 Å². The van der Waals surface area contributed by atoms with Crippen LogP contribution in [0.3, 0.4) is 0 Å². The van der Waals surface area contributed by atoms with Crippen molar-refractivity contribution in [3.8, 4) is 21.0 Å². The van der Waals surface area contributed by atoms with Crippen LogP contribution in [-0.2, 0) is 30.3 Å². The zero-order chi connectivity index (χ0) is 30.3. The number of pyridine rings is 1. The number of rotatable bonds is 9. The summed E-state index contributed by atoms with van der Waals surface area (Å²) < 4.78 is 1.26. The number of benzene rings is 1. The Morgan fingerprint density at radius 3 is 2.07 bits per heavy atom. The maximum Gasteiger partial charge on any atom is 0.162 e. The fraction of sp³-hybridized carbons (Fsp3) is 0.444. The van der Waals surface area contributed by atoms with Gasteiger partial charge >= 0.3 is 0 Å². The van der Waals surface area contributed by atoms with Crippen LogP contribution in [0.4, 0.5) is 0 Å². The molecule has 0 saturated carbocycles. The number of ketones is 1. The summed E-state index contributed by atoms with van der Waals surface area (Å²) in [7, 11) is 0. The van der Waals surface area contributed by atoms with E-state index in [4.69, 9.17) is 0 Å². The maximum atomic E-state index is 11.7. The Labute approximate surface area is 274 Å². The molecule has 1 radical (unpaired) electrons. The molecule has 3 nitrogen and oxygen atoms in total. The van der Waals surface area contributed by atoms with Crippen molar-refractivity contribution < 1.29 is 30.0 Å². The van der Waals surface area contributed by atoms with Crippen LogP contribution in [0.1, 0.15) is 90.8 Å². The van der Waals surface area contributed by atoms with Crippen molar-refractivity contribution in [3.63, 3.8) is 0 Å². The minimum atomic E-state index is 0. The molecule has 1 N–H and O–H groups in total. The molecule has 0 atom stereocenters. The third kappa shape index (κ3) is 8.72. The van der Waals surface area contributed by atoms with E-state index in [1.54, 1.807) is 11.3 Å². The quantitative estimate of drug-likeness (QED) is 0.105. The van der Waals surface area contributed by atoms with E-state index in [1.165, 1.54) is 43.3 Å². The number of carbonyl (C=O) groups excluding carboxylic acids is 1. The Bertz CT molecular complexity index is 1470. The maximum absolute atomic E-state index is 11.7. The molecule has 1 aromatic carbocycles. The minimum Gasteiger partial charge on any atom is -0.512 e. The van der Waals surface area contributed by atoms with Crippen LogP contribution in [-0.4, -0.2) is 15.9 Å². The van der Waals surface area contributed by atoms with Gasteiger partial charge in [0.1, 0.15) is 0 Å². The van der Waals surface area contributed by atoms with E-state index in [0.29, 0.717) is 0 Å². The number of hydrogen-bond donors (Lipinski definition) is 1. The summed E-state index contributed by atoms with van der Waals surface area (Å²) in [5.74, 6) is 0.547. The number of aromatic nitrogens is 1. The van der Waals surface area contributed by atoms with Crippen LogP contribution in [0, 0.1) is 31.7 Å². The third-order valence-electron chi connectivity index (χ3n) is 7.83. The van der Waals surface area contributed by atoms with Gasteiger partial charge in [0.25, 0.3) is 0 Å². The summed E-state index contributed by atoms with van der Waals surface area (Å²) in [5, 5.41) is 13.2. The monoisotopic (exact) mass is 781 g/mol. The van der Waals surface area contributed by atoms with Crippen LogP contribution in [0.2, 0.25) is 0 Å². The molecule has 0 aliphatic carbocycles. The smallest absolute Gasteiger partial charge is 0.162 e. The zero-order valence-electron chi connectivity index (χ0n) is 26.6. The van der Waals surface area contributed by atoms with Gasteiger partial charge in [0, 0.05) is 53.8 Å². The Hall–Kier alpha value is -2.11. The molecule has 3 heterocycles. The molecule has 229 valence electrons. The molecule has 4 aromatic rings. The fourth-order valence-electron chi connectivity index (χ4n) is 4.99. The number of aryl methyl sites for hydroxylation is 2. The summed E-state index contributed by atoms with van der Waals surface area (Å²) >= 11 is 3.57. The first kappa shape index (κ1) is 36.1. The van der Waals surface area contributed by atoms with E-state index in [2.05, 4.69) is 81.4 Å². The number of aliphatic hydroxyl groups is 1. The van der Waals surface area contributed by atoms with Gasteiger partial charge in [-0.25, -0.2) is 11.3 Å². The molecule has 0 aliphatic rings. The second-order valence-corrected chi connectivity index (χ2v) is 13.7. The topological polar surface area (TPSA) is 50.2 Å². The predicted molar refractivity (Wildman–Crippen MR) is 179 cm³/mol. The number of thiophene rings is 2. The van der Waals surface area contributed by atoms with Crippen LogP contribution >= 0.6 is 22.7 Å². The van der Waals surface area contributed by atoms with Crippen LogP contribution in [0.5, 0.6) is 0 Å². The second-order valence-electron chi connectivity index (χ2n) is 11.8. The molecular weight excluding hydrogens is 735 g/mol. The van der Waals surface area contributed by atoms with Gasteiger partial charge in [0.15, 0.2) is 5.78 Å². The Kier molecular flexibility index (Phi) is 13.8. The van der Waals surface area contributed by atoms with Crippen molar-refractivity contribution >= 4 is 38.5 Å². The van der Waals surface area contributed by atoms with E-state index >= 15 is 0 Å². The molecule has 4 rings (SSSR count). The molecular formula is C36H46IrNO2S2-. The molecule has 0 fully saturated rings. The molecule has 0 spiro atoms. The normalized spacial score (nSPS) is 11.9. The predicted octanol–water partition coefficient (Wildman–Crippen LogP) is 11.3. The summed E-state index contributed by atoms with van der Waals surface area (Å²) in [6.45, 7) is 19.1. The Morgan fingerprint density at radius 1 is 0.976 bits per heavy atom. The Balaban J connectivity index is 0.000000334. The van der Waals surface area contributed by atoms with Crippen molar-refractivity contribution in [1.82, 2.24) is 4.98 Å². The zero-order valence-corrected chi connectivity index (χ0v) is 30.6. The van der Waals surface area contributed by atoms with Crippen molar-refractivity contribution in [2.75, 3.05) is 0 Å². The summed E-state index contributed by atoms with van der Waals surface area (Å²) in [6, 6.07) is 14.6. The minimum absolute atomic E-state index is 0. The standard InChI is InChI=1S/C23H22NS2.C13H24O2.Ir/c1-14-12-19(25-13-14)20-22-18(10-11-24-20)15(2)21(26-22)16-6-8-17(9-7-16)23(3,4)5;1-5-10(6-2)12(14)9-13(15)11(7-3)8-4;/h6-11,13H,1-5H3;9-11,14H,5-8H2,1-4H3;/q-1;;/b;12-9-;. The van der Waals surface area contributed by atoms with E-state index in [0.717, 1.165) is 36.3 Å². The molecule has 3 aromatic heterocycles. The van der Waals surface area contributed by atoms with Gasteiger partial charge in [-0.1, -0.05) is 84.5 Å². The molecule has 42 heavy (non-hydrogen) atoms. The summed E-state index contributed by atoms with van der Waals surface area (Å²) in [6.07, 6.45) is 6.83. The van der Waals surface area contributed by atoms with Crippen molar-refractivity contribution in [3.05, 3.63) is 76.5 Å². The SMILES string of the molecule is CCC(CC)C(=O)/C=C(\O)C(CC)CC.Cc1[c-]c(-c2nccc3c(C)c(-c4ccc(C(C)(C)C)cc4)sc23)sc1.[Ir]. The number of nitrogens with zero attached hydrogens (tertiary/aromatic N) is 1. The fourth-order valence-corrected chi connectivity index (χ4v) is 7.19. The molecule has 6 heteroatoms. The van der Waals surface area contributed by atoms with Gasteiger partial charge in [-0.2, -0.15) is 11.6 Å². The van der Waals surface area contributed by atoms with Crippen LogP contribution in [0.15, 0.2) is 53.7 Å².